The van der Waals surface area contributed by atoms with Gasteiger partial charge < -0.3 is 19.3 Å². The molecule has 1 aliphatic rings. The molecule has 2 rings (SSSR count). The predicted molar refractivity (Wildman–Crippen MR) is 155 cm³/mol. The Morgan fingerprint density at radius 2 is 1.64 bits per heavy atom. The summed E-state index contributed by atoms with van der Waals surface area (Å²) in [6, 6.07) is 0. The summed E-state index contributed by atoms with van der Waals surface area (Å²) in [6.45, 7) is 29.4. The zero-order chi connectivity index (χ0) is 27.9. The van der Waals surface area contributed by atoms with Gasteiger partial charge in [0, 0.05) is 6.42 Å². The summed E-state index contributed by atoms with van der Waals surface area (Å²) in [6.07, 6.45) is 1.54. The number of rotatable bonds is 7. The highest BCUT2D eigenvalue weighted by Crippen LogP contribution is 2.42. The van der Waals surface area contributed by atoms with Crippen LogP contribution in [0.4, 0.5) is 0 Å². The van der Waals surface area contributed by atoms with Crippen molar-refractivity contribution in [1.82, 2.24) is 9.55 Å². The molecule has 10 heteroatoms. The third-order valence-corrected chi connectivity index (χ3v) is 17.6. The number of ether oxygens (including phenoxy) is 1. The highest BCUT2D eigenvalue weighted by molar-refractivity contribution is 6.83. The molecule has 1 aromatic rings. The van der Waals surface area contributed by atoms with Crippen LogP contribution in [-0.4, -0.2) is 59.0 Å². The lowest BCUT2D eigenvalue weighted by Gasteiger charge is -2.40. The number of aromatic nitrogens is 2. The summed E-state index contributed by atoms with van der Waals surface area (Å²) in [7, 11) is -5.74. The maximum atomic E-state index is 12.1. The highest BCUT2D eigenvalue weighted by atomic mass is 28.4. The fourth-order valence-electron chi connectivity index (χ4n) is 3.34. The van der Waals surface area contributed by atoms with Gasteiger partial charge in [0.15, 0.2) is 22.3 Å². The summed E-state index contributed by atoms with van der Waals surface area (Å²) >= 11 is 0. The molecule has 1 aliphatic heterocycles. The first-order valence-corrected chi connectivity index (χ1v) is 22.2. The number of hydrogen-bond donors (Lipinski definition) is 1. The number of carbonyl (C=O) groups is 1. The Labute approximate surface area is 222 Å². The quantitative estimate of drug-likeness (QED) is 0.336. The molecule has 1 saturated heterocycles. The van der Waals surface area contributed by atoms with Crippen molar-refractivity contribution in [3.63, 3.8) is 0 Å². The number of amides is 1. The average molecular weight is 552 g/mol. The van der Waals surface area contributed by atoms with Crippen LogP contribution >= 0.6 is 0 Å². The standard InChI is InChI=1S/C26H49N3O4Si3/c1-25(2,3)35(10,11)31-17-21-20(33-36(12,13)26(4,5)6)16-22(32-21)29-18-28-23(24(27)30)19(29)14-15-34(7,8)9/h18,20-22H,16-17H2,1-13H3,(H2,27,30)/t20-,21+,22+/m0/s1. The molecule has 36 heavy (non-hydrogen) atoms. The molecule has 0 aromatic carbocycles. The van der Waals surface area contributed by atoms with Gasteiger partial charge in [-0.25, -0.2) is 4.98 Å². The second-order valence-corrected chi connectivity index (χ2v) is 28.4. The van der Waals surface area contributed by atoms with E-state index in [-0.39, 0.29) is 34.2 Å². The predicted octanol–water partition coefficient (Wildman–Crippen LogP) is 5.91. The SMILES string of the molecule is CC(C)(C)[Si](C)(C)OC[C@H]1O[C@@H](n2cnc(C(N)=O)c2C#C[Si](C)(C)C)C[C@@H]1O[Si](C)(C)C(C)(C)C. The van der Waals surface area contributed by atoms with E-state index in [4.69, 9.17) is 19.3 Å². The number of nitrogens with zero attached hydrogens (tertiary/aromatic N) is 2. The van der Waals surface area contributed by atoms with E-state index < -0.39 is 30.6 Å². The Balaban J connectivity index is 2.44. The van der Waals surface area contributed by atoms with Crippen molar-refractivity contribution in [2.24, 2.45) is 5.73 Å². The first-order valence-electron chi connectivity index (χ1n) is 12.9. The lowest BCUT2D eigenvalue weighted by atomic mass is 10.2. The van der Waals surface area contributed by atoms with Crippen molar-refractivity contribution < 1.29 is 18.4 Å². The molecule has 0 spiro atoms. The van der Waals surface area contributed by atoms with Gasteiger partial charge in [0.2, 0.25) is 0 Å². The van der Waals surface area contributed by atoms with E-state index in [9.17, 15) is 4.79 Å². The Hall–Kier alpha value is -1.23. The Morgan fingerprint density at radius 3 is 2.11 bits per heavy atom. The molecule has 7 nitrogen and oxygen atoms in total. The molecular weight excluding hydrogens is 503 g/mol. The fourth-order valence-corrected chi connectivity index (χ4v) is 6.20. The van der Waals surface area contributed by atoms with E-state index >= 15 is 0 Å². The maximum absolute atomic E-state index is 12.1. The summed E-state index contributed by atoms with van der Waals surface area (Å²) in [5, 5.41) is 0.166. The Morgan fingerprint density at radius 1 is 1.08 bits per heavy atom. The van der Waals surface area contributed by atoms with Gasteiger partial charge in [-0.05, 0) is 36.3 Å². The lowest BCUT2D eigenvalue weighted by Crippen LogP contribution is -2.48. The zero-order valence-corrected chi connectivity index (χ0v) is 27.8. The van der Waals surface area contributed by atoms with Crippen LogP contribution in [0.25, 0.3) is 0 Å². The van der Waals surface area contributed by atoms with Crippen LogP contribution in [0.3, 0.4) is 0 Å². The second kappa shape index (κ2) is 10.5. The molecule has 1 aromatic heterocycles. The van der Waals surface area contributed by atoms with Crippen LogP contribution < -0.4 is 5.73 Å². The van der Waals surface area contributed by atoms with Gasteiger partial charge >= 0.3 is 0 Å². The van der Waals surface area contributed by atoms with Gasteiger partial charge in [-0.1, -0.05) is 67.1 Å². The van der Waals surface area contributed by atoms with E-state index in [2.05, 4.69) is 104 Å². The van der Waals surface area contributed by atoms with Crippen molar-refractivity contribution in [3.05, 3.63) is 17.7 Å². The highest BCUT2D eigenvalue weighted by Gasteiger charge is 2.47. The first kappa shape index (κ1) is 31.0. The number of imidazole rings is 1. The van der Waals surface area contributed by atoms with Crippen molar-refractivity contribution >= 4 is 30.6 Å². The molecule has 2 heterocycles. The molecule has 3 atom stereocenters. The van der Waals surface area contributed by atoms with Crippen molar-refractivity contribution in [2.75, 3.05) is 6.61 Å². The van der Waals surface area contributed by atoms with Crippen LogP contribution in [0.1, 0.15) is 70.4 Å². The monoisotopic (exact) mass is 551 g/mol. The van der Waals surface area contributed by atoms with E-state index in [0.717, 1.165) is 0 Å². The van der Waals surface area contributed by atoms with E-state index in [1.54, 1.807) is 6.33 Å². The normalized spacial score (nSPS) is 21.9. The largest absolute Gasteiger partial charge is 0.414 e. The summed E-state index contributed by atoms with van der Waals surface area (Å²) in [5.41, 5.74) is 9.70. The van der Waals surface area contributed by atoms with Gasteiger partial charge in [0.25, 0.3) is 5.91 Å². The molecule has 1 fully saturated rings. The second-order valence-electron chi connectivity index (χ2n) is 14.1. The maximum Gasteiger partial charge on any atom is 0.270 e. The summed E-state index contributed by atoms with van der Waals surface area (Å²) in [5.74, 6) is 2.63. The molecule has 0 bridgehead atoms. The van der Waals surface area contributed by atoms with Crippen LogP contribution in [0.2, 0.25) is 55.9 Å². The minimum atomic E-state index is -2.07. The van der Waals surface area contributed by atoms with Gasteiger partial charge in [-0.2, -0.15) is 0 Å². The van der Waals surface area contributed by atoms with Crippen LogP contribution in [0, 0.1) is 11.5 Å². The topological polar surface area (TPSA) is 88.6 Å². The molecule has 0 aliphatic carbocycles. The lowest BCUT2D eigenvalue weighted by molar-refractivity contribution is -0.0398. The summed E-state index contributed by atoms with van der Waals surface area (Å²) < 4.78 is 21.9. The minimum Gasteiger partial charge on any atom is -0.414 e. The number of primary amides is 1. The number of carbonyl (C=O) groups excluding carboxylic acids is 1. The van der Waals surface area contributed by atoms with Gasteiger partial charge in [-0.3, -0.25) is 9.36 Å². The Kier molecular flexibility index (Phi) is 9.04. The molecule has 0 unspecified atom stereocenters. The summed E-state index contributed by atoms with van der Waals surface area (Å²) in [4.78, 5) is 16.4. The first-order chi connectivity index (χ1) is 16.1. The minimum absolute atomic E-state index is 0.0675. The molecule has 0 saturated carbocycles. The van der Waals surface area contributed by atoms with Crippen LogP contribution in [-0.2, 0) is 13.6 Å². The third kappa shape index (κ3) is 7.42. The van der Waals surface area contributed by atoms with Crippen LogP contribution in [0.5, 0.6) is 0 Å². The van der Waals surface area contributed by atoms with Gasteiger partial charge in [0.1, 0.15) is 26.1 Å². The molecule has 2 N–H and O–H groups in total. The third-order valence-electron chi connectivity index (χ3n) is 7.74. The van der Waals surface area contributed by atoms with Gasteiger partial charge in [-0.15, -0.1) is 5.54 Å². The van der Waals surface area contributed by atoms with Crippen molar-refractivity contribution in [1.29, 1.82) is 0 Å². The average Bonchev–Trinajstić information content (AvgIpc) is 3.25. The molecule has 1 amide bonds. The Bertz CT molecular complexity index is 1000. The molecule has 0 radical (unpaired) electrons. The van der Waals surface area contributed by atoms with Crippen molar-refractivity contribution in [3.8, 4) is 11.5 Å². The van der Waals surface area contributed by atoms with E-state index in [0.29, 0.717) is 18.7 Å². The molecule has 204 valence electrons. The molecular formula is C26H49N3O4Si3. The van der Waals surface area contributed by atoms with E-state index in [1.165, 1.54) is 0 Å². The van der Waals surface area contributed by atoms with E-state index in [1.807, 2.05) is 4.57 Å². The smallest absolute Gasteiger partial charge is 0.270 e. The van der Waals surface area contributed by atoms with Crippen molar-refractivity contribution in [2.45, 2.75) is 122 Å². The van der Waals surface area contributed by atoms with Gasteiger partial charge in [0.05, 0.1) is 19.0 Å². The number of hydrogen-bond acceptors (Lipinski definition) is 5. The number of nitrogens with two attached hydrogens (primary N) is 1. The van der Waals surface area contributed by atoms with Crippen LogP contribution in [0.15, 0.2) is 6.33 Å². The zero-order valence-electron chi connectivity index (χ0n) is 24.8. The fraction of sp³-hybridized carbons (Fsp3) is 0.769.